The summed E-state index contributed by atoms with van der Waals surface area (Å²) in [6, 6.07) is 12.9. The van der Waals surface area contributed by atoms with Gasteiger partial charge in [-0.15, -0.1) is 0 Å². The minimum atomic E-state index is -2.88. The molecule has 0 unspecified atom stereocenters. The number of ether oxygens (including phenoxy) is 2. The lowest BCUT2D eigenvalue weighted by atomic mass is 10.1. The van der Waals surface area contributed by atoms with Gasteiger partial charge in [-0.3, -0.25) is 19.3 Å². The van der Waals surface area contributed by atoms with E-state index >= 15 is 0 Å². The molecule has 1 N–H and O–H groups in total. The first-order valence-electron chi connectivity index (χ1n) is 9.41. The summed E-state index contributed by atoms with van der Waals surface area (Å²) < 4.78 is 33.5. The molecule has 2 amide bonds. The maximum absolute atomic E-state index is 12.4. The van der Waals surface area contributed by atoms with Crippen molar-refractivity contribution < 1.29 is 32.6 Å². The second-order valence-corrected chi connectivity index (χ2v) is 6.67. The molecule has 9 heteroatoms. The lowest BCUT2D eigenvalue weighted by Gasteiger charge is -2.16. The summed E-state index contributed by atoms with van der Waals surface area (Å²) in [4.78, 5) is 37.5. The summed E-state index contributed by atoms with van der Waals surface area (Å²) in [5, 5.41) is 2.59. The number of alkyl halides is 2. The molecule has 2 aromatic carbocycles. The molecule has 1 aliphatic rings. The van der Waals surface area contributed by atoms with Crippen molar-refractivity contribution >= 4 is 23.5 Å². The molecule has 1 heterocycles. The number of fused-ring (bicyclic) bond motifs is 1. The van der Waals surface area contributed by atoms with Crippen molar-refractivity contribution in [2.75, 3.05) is 19.7 Å². The van der Waals surface area contributed by atoms with Gasteiger partial charge in [0.15, 0.2) is 6.61 Å². The molecule has 0 saturated heterocycles. The number of amides is 2. The number of esters is 1. The molecule has 0 aromatic heterocycles. The van der Waals surface area contributed by atoms with Crippen molar-refractivity contribution in [1.82, 2.24) is 10.2 Å². The Labute approximate surface area is 177 Å². The summed E-state index contributed by atoms with van der Waals surface area (Å²) in [6.07, 6.45) is 0.453. The highest BCUT2D eigenvalue weighted by Gasteiger charge is 2.32. The number of nitrogens with zero attached hydrogens (tertiary/aromatic N) is 1. The Morgan fingerprint density at radius 3 is 2.39 bits per heavy atom. The lowest BCUT2D eigenvalue weighted by molar-refractivity contribution is -0.148. The van der Waals surface area contributed by atoms with Gasteiger partial charge in [0.1, 0.15) is 12.3 Å². The third kappa shape index (κ3) is 5.65. The van der Waals surface area contributed by atoms with E-state index in [1.807, 2.05) is 0 Å². The van der Waals surface area contributed by atoms with Crippen LogP contribution in [0.15, 0.2) is 55.1 Å². The quantitative estimate of drug-likeness (QED) is 0.619. The molecule has 0 atom stereocenters. The second-order valence-electron chi connectivity index (χ2n) is 6.67. The van der Waals surface area contributed by atoms with Crippen molar-refractivity contribution in [3.63, 3.8) is 0 Å². The van der Waals surface area contributed by atoms with E-state index in [-0.39, 0.29) is 24.7 Å². The van der Waals surface area contributed by atoms with Crippen molar-refractivity contribution in [3.05, 3.63) is 71.8 Å². The topological polar surface area (TPSA) is 84.9 Å². The third-order valence-corrected chi connectivity index (χ3v) is 4.58. The molecular formula is C22H20F2N2O5. The third-order valence-electron chi connectivity index (χ3n) is 4.58. The number of carbonyl (C=O) groups excluding carboxylic acids is 3. The van der Waals surface area contributed by atoms with Gasteiger partial charge in [-0.25, -0.2) is 0 Å². The van der Waals surface area contributed by atoms with E-state index in [9.17, 15) is 23.2 Å². The lowest BCUT2D eigenvalue weighted by Crippen LogP contribution is -2.34. The minimum absolute atomic E-state index is 0.0527. The molecule has 0 spiro atoms. The van der Waals surface area contributed by atoms with Gasteiger partial charge in [0, 0.05) is 23.4 Å². The summed E-state index contributed by atoms with van der Waals surface area (Å²) in [7, 11) is 0. The molecule has 0 bridgehead atoms. The van der Waals surface area contributed by atoms with Gasteiger partial charge in [0.25, 0.3) is 11.8 Å². The number of hydrogen-bond acceptors (Lipinski definition) is 5. The van der Waals surface area contributed by atoms with E-state index in [0.29, 0.717) is 23.2 Å². The first-order valence-corrected chi connectivity index (χ1v) is 9.41. The number of rotatable bonds is 9. The fraction of sp³-hybridized carbons (Fsp3) is 0.227. The number of hydrogen-bond donors (Lipinski definition) is 1. The zero-order chi connectivity index (χ0) is 22.4. The van der Waals surface area contributed by atoms with Gasteiger partial charge < -0.3 is 14.8 Å². The van der Waals surface area contributed by atoms with Crippen LogP contribution in [-0.2, 0) is 20.7 Å². The van der Waals surface area contributed by atoms with Crippen LogP contribution in [0.4, 0.5) is 8.78 Å². The Kier molecular flexibility index (Phi) is 6.96. The van der Waals surface area contributed by atoms with Crippen LogP contribution in [0, 0.1) is 0 Å². The van der Waals surface area contributed by atoms with Gasteiger partial charge in [0.2, 0.25) is 0 Å². The zero-order valence-corrected chi connectivity index (χ0v) is 16.5. The van der Waals surface area contributed by atoms with Gasteiger partial charge >= 0.3 is 12.6 Å². The fourth-order valence-corrected chi connectivity index (χ4v) is 3.06. The van der Waals surface area contributed by atoms with Crippen LogP contribution < -0.4 is 10.1 Å². The highest BCUT2D eigenvalue weighted by Crippen LogP contribution is 2.30. The Bertz CT molecular complexity index is 957. The van der Waals surface area contributed by atoms with Gasteiger partial charge in [-0.2, -0.15) is 8.78 Å². The highest BCUT2D eigenvalue weighted by molar-refractivity contribution is 6.10. The van der Waals surface area contributed by atoms with E-state index in [4.69, 9.17) is 4.74 Å². The van der Waals surface area contributed by atoms with Crippen LogP contribution in [0.2, 0.25) is 0 Å². The molecule has 0 radical (unpaired) electrons. The summed E-state index contributed by atoms with van der Waals surface area (Å²) in [6.45, 7) is 0.394. The average Bonchev–Trinajstić information content (AvgIpc) is 2.98. The fourth-order valence-electron chi connectivity index (χ4n) is 3.06. The number of benzene rings is 2. The molecule has 31 heavy (non-hydrogen) atoms. The average molecular weight is 430 g/mol. The van der Waals surface area contributed by atoms with Crippen LogP contribution in [0.1, 0.15) is 21.5 Å². The molecular weight excluding hydrogens is 410 g/mol. The van der Waals surface area contributed by atoms with Gasteiger partial charge in [-0.05, 0) is 30.2 Å². The smallest absolute Gasteiger partial charge is 0.387 e. The predicted octanol–water partition coefficient (Wildman–Crippen LogP) is 2.62. The predicted molar refractivity (Wildman–Crippen MR) is 107 cm³/mol. The van der Waals surface area contributed by atoms with Crippen LogP contribution in [0.5, 0.6) is 5.75 Å². The Morgan fingerprint density at radius 2 is 1.74 bits per heavy atom. The highest BCUT2D eigenvalue weighted by atomic mass is 19.3. The van der Waals surface area contributed by atoms with E-state index in [2.05, 4.69) is 16.6 Å². The SMILES string of the molecule is C=C1c2ccccc2C(=O)N1CC(=O)OCC(=O)NCCc1ccc(OC(F)F)cc1. The van der Waals surface area contributed by atoms with Gasteiger partial charge in [0.05, 0.1) is 0 Å². The molecule has 7 nitrogen and oxygen atoms in total. The molecule has 1 aliphatic heterocycles. The van der Waals surface area contributed by atoms with Crippen LogP contribution in [0.25, 0.3) is 5.70 Å². The monoisotopic (exact) mass is 430 g/mol. The molecule has 0 aliphatic carbocycles. The molecule has 0 saturated carbocycles. The van der Waals surface area contributed by atoms with E-state index in [0.717, 1.165) is 5.56 Å². The summed E-state index contributed by atoms with van der Waals surface area (Å²) in [5.74, 6) is -1.52. The number of nitrogens with one attached hydrogen (secondary N) is 1. The minimum Gasteiger partial charge on any atom is -0.454 e. The Morgan fingerprint density at radius 1 is 1.06 bits per heavy atom. The van der Waals surface area contributed by atoms with Crippen LogP contribution in [-0.4, -0.2) is 49.0 Å². The normalized spacial score (nSPS) is 12.7. The van der Waals surface area contributed by atoms with Crippen molar-refractivity contribution in [2.45, 2.75) is 13.0 Å². The van der Waals surface area contributed by atoms with E-state index in [1.165, 1.54) is 17.0 Å². The zero-order valence-electron chi connectivity index (χ0n) is 16.5. The molecule has 3 rings (SSSR count). The second kappa shape index (κ2) is 9.84. The Hall–Kier alpha value is -3.75. The standard InChI is InChI=1S/C22H20F2N2O5/c1-14-17-4-2-3-5-18(17)21(29)26(14)12-20(28)30-13-19(27)25-11-10-15-6-8-16(9-7-15)31-22(23)24/h2-9,22H,1,10-13H2,(H,25,27). The van der Waals surface area contributed by atoms with E-state index in [1.54, 1.807) is 36.4 Å². The van der Waals surface area contributed by atoms with Crippen molar-refractivity contribution in [2.24, 2.45) is 0 Å². The first-order chi connectivity index (χ1) is 14.8. The summed E-state index contributed by atoms with van der Waals surface area (Å²) >= 11 is 0. The van der Waals surface area contributed by atoms with E-state index < -0.39 is 25.1 Å². The van der Waals surface area contributed by atoms with Crippen molar-refractivity contribution in [1.29, 1.82) is 0 Å². The first kappa shape index (κ1) is 21.9. The largest absolute Gasteiger partial charge is 0.454 e. The molecule has 2 aromatic rings. The molecule has 162 valence electrons. The number of halogens is 2. The van der Waals surface area contributed by atoms with Crippen molar-refractivity contribution in [3.8, 4) is 5.75 Å². The maximum Gasteiger partial charge on any atom is 0.387 e. The summed E-state index contributed by atoms with van der Waals surface area (Å²) in [5.41, 5.74) is 2.34. The maximum atomic E-state index is 12.4. The molecule has 0 fully saturated rings. The van der Waals surface area contributed by atoms with Crippen LogP contribution in [0.3, 0.4) is 0 Å². The van der Waals surface area contributed by atoms with Crippen LogP contribution >= 0.6 is 0 Å². The number of carbonyl (C=O) groups is 3. The Balaban J connectivity index is 1.38. The van der Waals surface area contributed by atoms with Gasteiger partial charge in [-0.1, -0.05) is 36.9 Å².